The molecule has 0 amide bonds. The zero-order valence-electron chi connectivity index (χ0n) is 9.44. The molecule has 0 aliphatic heterocycles. The minimum Gasteiger partial charge on any atom is -0.397 e. The first-order valence-corrected chi connectivity index (χ1v) is 6.16. The summed E-state index contributed by atoms with van der Waals surface area (Å²) in [5.74, 6) is 0. The lowest BCUT2D eigenvalue weighted by Crippen LogP contribution is -1.96. The number of rotatable bonds is 2. The first-order valence-electron chi connectivity index (χ1n) is 4.97. The van der Waals surface area contributed by atoms with Gasteiger partial charge in [0, 0.05) is 11.4 Å². The van der Waals surface area contributed by atoms with E-state index < -0.39 is 0 Å². The fourth-order valence-corrected chi connectivity index (χ4v) is 2.42. The van der Waals surface area contributed by atoms with Crippen LogP contribution in [0.2, 0.25) is 5.15 Å². The number of nitrogens with zero attached hydrogens (tertiary/aromatic N) is 3. The Morgan fingerprint density at radius 1 is 1.12 bits per heavy atom. The largest absolute Gasteiger partial charge is 0.397 e. The van der Waals surface area contributed by atoms with Gasteiger partial charge >= 0.3 is 0 Å². The minimum atomic E-state index is 0.408. The maximum absolute atomic E-state index is 5.82. The molecule has 17 heavy (non-hydrogen) atoms. The average Bonchev–Trinajstić information content (AvgIpc) is 2.22. The number of hydrogen-bond donors (Lipinski definition) is 1. The highest BCUT2D eigenvalue weighted by molar-refractivity contribution is 7.99. The molecule has 0 saturated heterocycles. The summed E-state index contributed by atoms with van der Waals surface area (Å²) in [5, 5.41) is 1.66. The van der Waals surface area contributed by atoms with E-state index in [-0.39, 0.29) is 0 Å². The van der Waals surface area contributed by atoms with Crippen LogP contribution < -0.4 is 5.73 Å². The third-order valence-corrected chi connectivity index (χ3v) is 3.10. The molecular weight excluding hydrogens is 256 g/mol. The summed E-state index contributed by atoms with van der Waals surface area (Å²) >= 11 is 7.14. The van der Waals surface area contributed by atoms with Crippen LogP contribution in [0, 0.1) is 13.8 Å². The van der Waals surface area contributed by atoms with E-state index in [2.05, 4.69) is 15.0 Å². The van der Waals surface area contributed by atoms with Crippen molar-refractivity contribution in [2.45, 2.75) is 24.0 Å². The Bertz CT molecular complexity index is 539. The van der Waals surface area contributed by atoms with Crippen LogP contribution in [0.4, 0.5) is 5.69 Å². The van der Waals surface area contributed by atoms with E-state index in [0.717, 1.165) is 11.4 Å². The van der Waals surface area contributed by atoms with E-state index in [1.54, 1.807) is 12.1 Å². The van der Waals surface area contributed by atoms with Crippen molar-refractivity contribution in [1.29, 1.82) is 0 Å². The molecule has 0 saturated carbocycles. The molecule has 0 spiro atoms. The number of pyridine rings is 1. The summed E-state index contributed by atoms with van der Waals surface area (Å²) in [6.45, 7) is 3.85. The van der Waals surface area contributed by atoms with Gasteiger partial charge in [0.1, 0.15) is 10.2 Å². The van der Waals surface area contributed by atoms with Gasteiger partial charge < -0.3 is 5.73 Å². The third kappa shape index (κ3) is 3.08. The highest BCUT2D eigenvalue weighted by Crippen LogP contribution is 2.29. The fourth-order valence-electron chi connectivity index (χ4n) is 1.34. The SMILES string of the molecule is Cc1cc(C)nc(Sc2nc(Cl)ccc2N)n1. The van der Waals surface area contributed by atoms with Crippen LogP contribution in [-0.2, 0) is 0 Å². The van der Waals surface area contributed by atoms with Crippen LogP contribution in [0.1, 0.15) is 11.4 Å². The second kappa shape index (κ2) is 4.89. The van der Waals surface area contributed by atoms with Crippen molar-refractivity contribution in [2.75, 3.05) is 5.73 Å². The molecule has 2 aromatic rings. The highest BCUT2D eigenvalue weighted by atomic mass is 35.5. The van der Waals surface area contributed by atoms with Gasteiger partial charge in [-0.05, 0) is 43.8 Å². The van der Waals surface area contributed by atoms with Crippen molar-refractivity contribution in [3.8, 4) is 0 Å². The molecule has 6 heteroatoms. The first-order chi connectivity index (χ1) is 8.04. The van der Waals surface area contributed by atoms with Crippen molar-refractivity contribution in [1.82, 2.24) is 15.0 Å². The van der Waals surface area contributed by atoms with Gasteiger partial charge in [0.25, 0.3) is 0 Å². The first kappa shape index (κ1) is 12.1. The number of aryl methyl sites for hydroxylation is 2. The number of nitrogen functional groups attached to an aromatic ring is 1. The Labute approximate surface area is 109 Å². The molecule has 2 aromatic heterocycles. The van der Waals surface area contributed by atoms with Gasteiger partial charge in [0.15, 0.2) is 5.16 Å². The van der Waals surface area contributed by atoms with Gasteiger partial charge in [-0.3, -0.25) is 0 Å². The molecule has 0 aromatic carbocycles. The standard InChI is InChI=1S/C11H11ClN4S/c1-6-5-7(2)15-11(14-6)17-10-8(13)3-4-9(12)16-10/h3-5H,13H2,1-2H3. The number of aromatic nitrogens is 3. The molecule has 2 rings (SSSR count). The monoisotopic (exact) mass is 266 g/mol. The maximum Gasteiger partial charge on any atom is 0.194 e. The number of nitrogens with two attached hydrogens (primary N) is 1. The van der Waals surface area contributed by atoms with E-state index in [1.807, 2.05) is 19.9 Å². The molecule has 88 valence electrons. The molecule has 2 heterocycles. The van der Waals surface area contributed by atoms with E-state index in [1.165, 1.54) is 11.8 Å². The molecule has 0 aliphatic rings. The summed E-state index contributed by atoms with van der Waals surface area (Å²) in [6.07, 6.45) is 0. The lowest BCUT2D eigenvalue weighted by atomic mass is 10.4. The quantitative estimate of drug-likeness (QED) is 0.669. The Morgan fingerprint density at radius 3 is 2.41 bits per heavy atom. The van der Waals surface area contributed by atoms with Crippen molar-refractivity contribution in [3.63, 3.8) is 0 Å². The summed E-state index contributed by atoms with van der Waals surface area (Å²) in [5.41, 5.74) is 8.22. The normalized spacial score (nSPS) is 10.5. The highest BCUT2D eigenvalue weighted by Gasteiger charge is 2.08. The van der Waals surface area contributed by atoms with Crippen LogP contribution >= 0.6 is 23.4 Å². The van der Waals surface area contributed by atoms with Crippen molar-refractivity contribution in [3.05, 3.63) is 34.7 Å². The van der Waals surface area contributed by atoms with E-state index in [4.69, 9.17) is 17.3 Å². The predicted molar refractivity (Wildman–Crippen MR) is 69.3 cm³/mol. The van der Waals surface area contributed by atoms with Crippen LogP contribution in [0.15, 0.2) is 28.4 Å². The molecule has 0 atom stereocenters. The molecule has 0 radical (unpaired) electrons. The molecular formula is C11H11ClN4S. The number of halogens is 1. The number of hydrogen-bond acceptors (Lipinski definition) is 5. The Kier molecular flexibility index (Phi) is 3.49. The zero-order chi connectivity index (χ0) is 12.4. The van der Waals surface area contributed by atoms with Crippen molar-refractivity contribution in [2.24, 2.45) is 0 Å². The smallest absolute Gasteiger partial charge is 0.194 e. The fraction of sp³-hybridized carbons (Fsp3) is 0.182. The molecule has 0 fully saturated rings. The van der Waals surface area contributed by atoms with Crippen LogP contribution in [0.3, 0.4) is 0 Å². The predicted octanol–water partition coefficient (Wildman–Crippen LogP) is 2.88. The van der Waals surface area contributed by atoms with Crippen molar-refractivity contribution < 1.29 is 0 Å². The van der Waals surface area contributed by atoms with Gasteiger partial charge in [-0.25, -0.2) is 15.0 Å². The molecule has 4 nitrogen and oxygen atoms in total. The Balaban J connectivity index is 2.34. The molecule has 0 bridgehead atoms. The minimum absolute atomic E-state index is 0.408. The van der Waals surface area contributed by atoms with Gasteiger partial charge in [-0.1, -0.05) is 11.6 Å². The van der Waals surface area contributed by atoms with Crippen LogP contribution in [0.5, 0.6) is 0 Å². The van der Waals surface area contributed by atoms with Gasteiger partial charge in [-0.2, -0.15) is 0 Å². The van der Waals surface area contributed by atoms with Crippen molar-refractivity contribution >= 4 is 29.1 Å². The second-order valence-electron chi connectivity index (χ2n) is 3.56. The number of anilines is 1. The molecule has 0 unspecified atom stereocenters. The van der Waals surface area contributed by atoms with E-state index >= 15 is 0 Å². The summed E-state index contributed by atoms with van der Waals surface area (Å²) in [4.78, 5) is 12.8. The Hall–Kier alpha value is -1.33. The van der Waals surface area contributed by atoms with Gasteiger partial charge in [0.2, 0.25) is 0 Å². The third-order valence-electron chi connectivity index (χ3n) is 2.01. The molecule has 0 aliphatic carbocycles. The van der Waals surface area contributed by atoms with Gasteiger partial charge in [0.05, 0.1) is 5.69 Å². The second-order valence-corrected chi connectivity index (χ2v) is 4.91. The lowest BCUT2D eigenvalue weighted by molar-refractivity contribution is 0.899. The topological polar surface area (TPSA) is 64.7 Å². The summed E-state index contributed by atoms with van der Waals surface area (Å²) in [7, 11) is 0. The van der Waals surface area contributed by atoms with Gasteiger partial charge in [-0.15, -0.1) is 0 Å². The zero-order valence-corrected chi connectivity index (χ0v) is 11.0. The maximum atomic E-state index is 5.82. The Morgan fingerprint density at radius 2 is 1.76 bits per heavy atom. The van der Waals surface area contributed by atoms with E-state index in [0.29, 0.717) is 21.0 Å². The van der Waals surface area contributed by atoms with Crippen LogP contribution in [-0.4, -0.2) is 15.0 Å². The average molecular weight is 267 g/mol. The summed E-state index contributed by atoms with van der Waals surface area (Å²) in [6, 6.07) is 5.29. The summed E-state index contributed by atoms with van der Waals surface area (Å²) < 4.78 is 0. The lowest BCUT2D eigenvalue weighted by Gasteiger charge is -2.05. The molecule has 2 N–H and O–H groups in total. The van der Waals surface area contributed by atoms with Crippen LogP contribution in [0.25, 0.3) is 0 Å². The van der Waals surface area contributed by atoms with E-state index in [9.17, 15) is 0 Å².